The molecule has 0 unspecified atom stereocenters. The number of aromatic carboxylic acids is 2. The summed E-state index contributed by atoms with van der Waals surface area (Å²) in [6.45, 7) is -0.0320. The zero-order valence-electron chi connectivity index (χ0n) is 22.9. The van der Waals surface area contributed by atoms with Crippen LogP contribution in [0.2, 0.25) is 5.02 Å². The molecule has 17 heteroatoms. The van der Waals surface area contributed by atoms with Crippen molar-refractivity contribution in [1.82, 2.24) is 9.13 Å². The predicted molar refractivity (Wildman–Crippen MR) is 139 cm³/mol. The average molecular weight is 605 g/mol. The monoisotopic (exact) mass is 604 g/mol. The third kappa shape index (κ3) is 8.95. The predicted octanol–water partition coefficient (Wildman–Crippen LogP) is 0.557. The molecule has 0 spiro atoms. The van der Waals surface area contributed by atoms with E-state index in [4.69, 9.17) is 40.8 Å². The van der Waals surface area contributed by atoms with E-state index in [0.717, 1.165) is 37.2 Å². The summed E-state index contributed by atoms with van der Waals surface area (Å²) in [5, 5.41) is 17.4. The lowest BCUT2D eigenvalue weighted by Gasteiger charge is -2.19. The number of halogens is 1. The van der Waals surface area contributed by atoms with Crippen LogP contribution in [0.25, 0.3) is 0 Å². The summed E-state index contributed by atoms with van der Waals surface area (Å²) < 4.78 is 31.4. The van der Waals surface area contributed by atoms with Crippen molar-refractivity contribution in [2.24, 2.45) is 0 Å². The summed E-state index contributed by atoms with van der Waals surface area (Å²) in [6.07, 6.45) is 0.576. The number of hydrogen-bond acceptors (Lipinski definition) is 12. The van der Waals surface area contributed by atoms with E-state index in [1.165, 1.54) is 33.0 Å². The van der Waals surface area contributed by atoms with Crippen LogP contribution in [-0.2, 0) is 41.5 Å². The molecule has 0 radical (unpaired) electrons. The van der Waals surface area contributed by atoms with Gasteiger partial charge in [0.1, 0.15) is 21.8 Å². The van der Waals surface area contributed by atoms with Gasteiger partial charge in [-0.25, -0.2) is 19.2 Å². The minimum atomic E-state index is -1.46. The molecule has 0 bridgehead atoms. The van der Waals surface area contributed by atoms with Crippen molar-refractivity contribution in [2.45, 2.75) is 25.7 Å². The lowest BCUT2D eigenvalue weighted by Crippen LogP contribution is -2.29. The van der Waals surface area contributed by atoms with Crippen molar-refractivity contribution in [1.29, 1.82) is 0 Å². The molecule has 2 N–H and O–H groups in total. The van der Waals surface area contributed by atoms with Crippen molar-refractivity contribution >= 4 is 35.5 Å². The molecule has 0 saturated carbocycles. The minimum absolute atomic E-state index is 0.0258. The normalized spacial score (nSPS) is 10.7. The highest BCUT2D eigenvalue weighted by Crippen LogP contribution is 2.16. The molecule has 0 aliphatic carbocycles. The molecule has 0 aliphatic rings. The number of nitrogens with zero attached hydrogens (tertiary/aromatic N) is 2. The highest BCUT2D eigenvalue weighted by atomic mass is 35.5. The van der Waals surface area contributed by atoms with Crippen LogP contribution < -0.4 is 10.9 Å². The van der Waals surface area contributed by atoms with Crippen molar-refractivity contribution in [3.05, 3.63) is 66.4 Å². The molecule has 41 heavy (non-hydrogen) atoms. The molecule has 226 valence electrons. The van der Waals surface area contributed by atoms with Gasteiger partial charge in [-0.15, -0.1) is 0 Å². The van der Waals surface area contributed by atoms with Gasteiger partial charge >= 0.3 is 23.9 Å². The first-order valence-electron chi connectivity index (χ1n) is 11.2. The van der Waals surface area contributed by atoms with Gasteiger partial charge in [-0.1, -0.05) is 11.6 Å². The Hall–Kier alpha value is -4.09. The van der Waals surface area contributed by atoms with Gasteiger partial charge in [-0.05, 0) is 0 Å². The molecule has 0 aromatic carbocycles. The molecule has 0 saturated heterocycles. The Morgan fingerprint density at radius 3 is 1.61 bits per heavy atom. The summed E-state index contributed by atoms with van der Waals surface area (Å²) in [6, 6.07) is 0.914. The van der Waals surface area contributed by atoms with E-state index in [1.54, 1.807) is 0 Å². The van der Waals surface area contributed by atoms with Gasteiger partial charge in [0.15, 0.2) is 23.7 Å². The lowest BCUT2D eigenvalue weighted by molar-refractivity contribution is -0.111. The fourth-order valence-corrected chi connectivity index (χ4v) is 3.50. The van der Waals surface area contributed by atoms with Crippen molar-refractivity contribution in [3.63, 3.8) is 0 Å². The molecule has 2 rings (SSSR count). The lowest BCUT2D eigenvalue weighted by atomic mass is 10.2. The Bertz CT molecular complexity index is 1380. The first-order chi connectivity index (χ1) is 19.3. The van der Waals surface area contributed by atoms with E-state index in [-0.39, 0.29) is 24.5 Å². The van der Waals surface area contributed by atoms with E-state index in [9.17, 15) is 28.8 Å². The number of carbonyl (C=O) groups is 4. The van der Waals surface area contributed by atoms with Gasteiger partial charge in [0, 0.05) is 46.9 Å². The Labute approximate surface area is 237 Å². The van der Waals surface area contributed by atoms with Gasteiger partial charge in [-0.3, -0.25) is 9.59 Å². The Balaban J connectivity index is 0.000000410. The second-order valence-electron chi connectivity index (χ2n) is 7.67. The molecular weight excluding hydrogens is 576 g/mol. The van der Waals surface area contributed by atoms with Crippen LogP contribution in [0.4, 0.5) is 0 Å². The fraction of sp³-hybridized carbons (Fsp3) is 0.417. The second kappa shape index (κ2) is 16.2. The maximum atomic E-state index is 11.8. The Morgan fingerprint density at radius 1 is 0.756 bits per heavy atom. The number of pyridine rings is 2. The molecule has 2 aromatic rings. The Kier molecular flexibility index (Phi) is 13.8. The minimum Gasteiger partial charge on any atom is -0.477 e. The maximum absolute atomic E-state index is 11.8. The van der Waals surface area contributed by atoms with Crippen LogP contribution in [0.15, 0.2) is 28.0 Å². The van der Waals surface area contributed by atoms with Gasteiger partial charge in [-0.2, -0.15) is 0 Å². The molecule has 2 aromatic heterocycles. The van der Waals surface area contributed by atoms with Gasteiger partial charge < -0.3 is 47.8 Å². The van der Waals surface area contributed by atoms with Gasteiger partial charge in [0.05, 0.1) is 27.3 Å². The van der Waals surface area contributed by atoms with E-state index >= 15 is 0 Å². The highest BCUT2D eigenvalue weighted by Gasteiger charge is 2.25. The molecule has 0 atom stereocenters. The molecule has 0 fully saturated rings. The third-order valence-electron chi connectivity index (χ3n) is 5.33. The maximum Gasteiger partial charge on any atom is 0.356 e. The number of ether oxygens (including phenoxy) is 6. The quantitative estimate of drug-likeness (QED) is 0.251. The zero-order valence-corrected chi connectivity index (χ0v) is 23.6. The summed E-state index contributed by atoms with van der Waals surface area (Å²) >= 11 is 5.81. The first-order valence-corrected chi connectivity index (χ1v) is 11.6. The fourth-order valence-electron chi connectivity index (χ4n) is 3.21. The highest BCUT2D eigenvalue weighted by molar-refractivity contribution is 6.33. The molecule has 0 aliphatic heterocycles. The summed E-state index contributed by atoms with van der Waals surface area (Å²) in [7, 11) is 7.80. The number of carbonyl (C=O) groups excluding carboxylic acids is 2. The standard InChI is InChI=1S/C12H14ClNO7.C12H15NO7/c1-19-7(20-2)5-14-4-6(11(16)17)10(15)8(13)9(14)12(18)21-3;1-18-10(19-2)6-13-5-7(11(15)16)9(14)4-8(13)12(17)20-3/h4,7H,5H2,1-3H3,(H,16,17);4-5,10H,6H2,1-3H3,(H,15,16). The van der Waals surface area contributed by atoms with E-state index in [2.05, 4.69) is 9.47 Å². The van der Waals surface area contributed by atoms with Crippen molar-refractivity contribution < 1.29 is 57.8 Å². The number of methoxy groups -OCH3 is 6. The molecule has 16 nitrogen and oxygen atoms in total. The second-order valence-corrected chi connectivity index (χ2v) is 8.05. The number of carboxylic acids is 2. The average Bonchev–Trinajstić information content (AvgIpc) is 2.95. The van der Waals surface area contributed by atoms with Crippen molar-refractivity contribution in [3.8, 4) is 0 Å². The van der Waals surface area contributed by atoms with Crippen molar-refractivity contribution in [2.75, 3.05) is 42.7 Å². The summed E-state index contributed by atoms with van der Waals surface area (Å²) in [4.78, 5) is 68.8. The van der Waals surface area contributed by atoms with E-state index in [1.807, 2.05) is 0 Å². The summed E-state index contributed by atoms with van der Waals surface area (Å²) in [5.74, 6) is -4.48. The van der Waals surface area contributed by atoms with Crippen LogP contribution in [0, 0.1) is 0 Å². The van der Waals surface area contributed by atoms with Crippen LogP contribution >= 0.6 is 11.6 Å². The zero-order chi connectivity index (χ0) is 31.4. The topological polar surface area (TPSA) is 208 Å². The van der Waals surface area contributed by atoms with Crippen LogP contribution in [0.3, 0.4) is 0 Å². The number of carboxylic acid groups (broad SMARTS) is 2. The summed E-state index contributed by atoms with van der Waals surface area (Å²) in [5.41, 5.74) is -3.12. The molecule has 0 amide bonds. The first kappa shape index (κ1) is 34.9. The van der Waals surface area contributed by atoms with E-state index < -0.39 is 63.5 Å². The number of aromatic nitrogens is 2. The molecular formula is C24H29ClN2O14. The van der Waals surface area contributed by atoms with Crippen LogP contribution in [0.5, 0.6) is 0 Å². The van der Waals surface area contributed by atoms with Crippen LogP contribution in [-0.4, -0.2) is 98.5 Å². The van der Waals surface area contributed by atoms with Crippen LogP contribution in [0.1, 0.15) is 41.7 Å². The van der Waals surface area contributed by atoms with Gasteiger partial charge in [0.2, 0.25) is 5.43 Å². The number of esters is 2. The SMILES string of the molecule is COC(=O)c1c(Cl)c(=O)c(C(=O)O)cn1CC(OC)OC.COC(=O)c1cc(=O)c(C(=O)O)cn1CC(OC)OC. The van der Waals surface area contributed by atoms with E-state index in [0.29, 0.717) is 0 Å². The smallest absolute Gasteiger partial charge is 0.356 e. The number of rotatable bonds is 12. The van der Waals surface area contributed by atoms with Gasteiger partial charge in [0.25, 0.3) is 0 Å². The molecule has 2 heterocycles. The largest absolute Gasteiger partial charge is 0.477 e. The third-order valence-corrected chi connectivity index (χ3v) is 5.68. The Morgan fingerprint density at radius 2 is 1.20 bits per heavy atom. The number of hydrogen-bond donors (Lipinski definition) is 2.